The van der Waals surface area contributed by atoms with E-state index >= 15 is 0 Å². The summed E-state index contributed by atoms with van der Waals surface area (Å²) in [6, 6.07) is 13.9. The average molecular weight is 407 g/mol. The maximum absolute atomic E-state index is 13.0. The van der Waals surface area contributed by atoms with Gasteiger partial charge in [-0.1, -0.05) is 54.4 Å². The molecular formula is C21H24Cl2N2O2. The Balaban J connectivity index is 2.18. The van der Waals surface area contributed by atoms with Crippen LogP contribution in [0.4, 0.5) is 0 Å². The lowest BCUT2D eigenvalue weighted by Gasteiger charge is -2.29. The average Bonchev–Trinajstić information content (AvgIpc) is 2.66. The smallest absolute Gasteiger partial charge is 0.242 e. The number of hydrogen-bond acceptors (Lipinski definition) is 2. The molecule has 0 saturated heterocycles. The quantitative estimate of drug-likeness (QED) is 0.702. The minimum atomic E-state index is -0.577. The molecule has 0 heterocycles. The van der Waals surface area contributed by atoms with Gasteiger partial charge in [-0.05, 0) is 48.7 Å². The first-order valence-electron chi connectivity index (χ1n) is 8.96. The summed E-state index contributed by atoms with van der Waals surface area (Å²) < 4.78 is 0. The highest BCUT2D eigenvalue weighted by molar-refractivity contribution is 6.30. The lowest BCUT2D eigenvalue weighted by atomic mass is 10.1. The van der Waals surface area contributed by atoms with Gasteiger partial charge >= 0.3 is 0 Å². The van der Waals surface area contributed by atoms with Gasteiger partial charge in [0.15, 0.2) is 0 Å². The van der Waals surface area contributed by atoms with Gasteiger partial charge in [-0.25, -0.2) is 0 Å². The summed E-state index contributed by atoms with van der Waals surface area (Å²) in [5.74, 6) is -0.276. The van der Waals surface area contributed by atoms with E-state index in [2.05, 4.69) is 5.32 Å². The van der Waals surface area contributed by atoms with Crippen LogP contribution in [0.3, 0.4) is 0 Å². The molecule has 0 aliphatic heterocycles. The second-order valence-electron chi connectivity index (χ2n) is 6.42. The number of carbonyl (C=O) groups excluding carboxylic acids is 2. The zero-order valence-electron chi connectivity index (χ0n) is 15.5. The van der Waals surface area contributed by atoms with Gasteiger partial charge in [-0.3, -0.25) is 9.59 Å². The fourth-order valence-corrected chi connectivity index (χ4v) is 2.90. The molecule has 1 N–H and O–H groups in total. The van der Waals surface area contributed by atoms with Crippen LogP contribution in [0, 0.1) is 0 Å². The van der Waals surface area contributed by atoms with Crippen molar-refractivity contribution in [2.24, 2.45) is 0 Å². The third-order valence-corrected chi connectivity index (χ3v) is 4.76. The molecule has 4 nitrogen and oxygen atoms in total. The molecule has 2 rings (SSSR count). The van der Waals surface area contributed by atoms with Crippen LogP contribution in [-0.2, 0) is 22.6 Å². The summed E-state index contributed by atoms with van der Waals surface area (Å²) in [5, 5.41) is 4.12. The first-order chi connectivity index (χ1) is 12.9. The second kappa shape index (κ2) is 10.3. The second-order valence-corrected chi connectivity index (χ2v) is 7.29. The Morgan fingerprint density at radius 1 is 0.963 bits per heavy atom. The molecule has 2 amide bonds. The van der Waals surface area contributed by atoms with Crippen molar-refractivity contribution in [3.63, 3.8) is 0 Å². The van der Waals surface area contributed by atoms with Gasteiger partial charge in [0.05, 0.1) is 6.42 Å². The van der Waals surface area contributed by atoms with Crippen molar-refractivity contribution in [3.05, 3.63) is 69.7 Å². The van der Waals surface area contributed by atoms with Crippen molar-refractivity contribution in [2.75, 3.05) is 6.54 Å². The zero-order valence-corrected chi connectivity index (χ0v) is 17.1. The van der Waals surface area contributed by atoms with Crippen molar-refractivity contribution in [1.29, 1.82) is 0 Å². The number of carbonyl (C=O) groups is 2. The summed E-state index contributed by atoms with van der Waals surface area (Å²) in [6.07, 6.45) is 1.05. The van der Waals surface area contributed by atoms with E-state index in [1.807, 2.05) is 31.2 Å². The molecule has 27 heavy (non-hydrogen) atoms. The van der Waals surface area contributed by atoms with E-state index in [-0.39, 0.29) is 18.2 Å². The van der Waals surface area contributed by atoms with E-state index in [0.717, 1.165) is 17.5 Å². The summed E-state index contributed by atoms with van der Waals surface area (Å²) in [5.41, 5.74) is 1.77. The zero-order chi connectivity index (χ0) is 19.8. The van der Waals surface area contributed by atoms with Crippen LogP contribution in [0.25, 0.3) is 0 Å². The highest BCUT2D eigenvalue weighted by Gasteiger charge is 2.26. The Labute approximate surface area is 170 Å². The number of rotatable bonds is 8. The predicted octanol–water partition coefficient (Wildman–Crippen LogP) is 4.48. The number of amides is 2. The molecule has 144 valence electrons. The van der Waals surface area contributed by atoms with Crippen molar-refractivity contribution in [1.82, 2.24) is 10.2 Å². The van der Waals surface area contributed by atoms with Crippen LogP contribution in [0.15, 0.2) is 48.5 Å². The van der Waals surface area contributed by atoms with Gasteiger partial charge < -0.3 is 10.2 Å². The van der Waals surface area contributed by atoms with Crippen molar-refractivity contribution in [3.8, 4) is 0 Å². The molecule has 1 atom stereocenters. The molecule has 2 aromatic rings. The molecule has 0 radical (unpaired) electrons. The number of hydrogen-bond donors (Lipinski definition) is 1. The standard InChI is InChI=1S/C21H24Cl2N2O2/c1-3-12-24-21(27)15(2)25(14-17-6-10-19(23)11-7-17)20(26)13-16-4-8-18(22)9-5-16/h4-11,15H,3,12-14H2,1-2H3,(H,24,27). The molecule has 6 heteroatoms. The fourth-order valence-electron chi connectivity index (χ4n) is 2.64. The van der Waals surface area contributed by atoms with Crippen LogP contribution in [0.5, 0.6) is 0 Å². The fraction of sp³-hybridized carbons (Fsp3) is 0.333. The van der Waals surface area contributed by atoms with Gasteiger partial charge in [0, 0.05) is 23.1 Å². The summed E-state index contributed by atoms with van der Waals surface area (Å²) >= 11 is 11.9. The molecule has 1 unspecified atom stereocenters. The summed E-state index contributed by atoms with van der Waals surface area (Å²) in [6.45, 7) is 4.66. The minimum Gasteiger partial charge on any atom is -0.354 e. The van der Waals surface area contributed by atoms with E-state index in [1.54, 1.807) is 36.1 Å². The largest absolute Gasteiger partial charge is 0.354 e. The summed E-state index contributed by atoms with van der Waals surface area (Å²) in [4.78, 5) is 27.0. The lowest BCUT2D eigenvalue weighted by molar-refractivity contribution is -0.140. The van der Waals surface area contributed by atoms with E-state index in [1.165, 1.54) is 0 Å². The normalized spacial score (nSPS) is 11.7. The predicted molar refractivity (Wildman–Crippen MR) is 110 cm³/mol. The first kappa shape index (κ1) is 21.3. The highest BCUT2D eigenvalue weighted by atomic mass is 35.5. The molecule has 0 spiro atoms. The van der Waals surface area contributed by atoms with Gasteiger partial charge in [0.1, 0.15) is 6.04 Å². The molecule has 2 aromatic carbocycles. The number of benzene rings is 2. The van der Waals surface area contributed by atoms with Crippen molar-refractivity contribution in [2.45, 2.75) is 39.3 Å². The van der Waals surface area contributed by atoms with Crippen molar-refractivity contribution < 1.29 is 9.59 Å². The molecule has 0 fully saturated rings. The van der Waals surface area contributed by atoms with Crippen LogP contribution in [0.1, 0.15) is 31.4 Å². The van der Waals surface area contributed by atoms with Crippen LogP contribution < -0.4 is 5.32 Å². The monoisotopic (exact) mass is 406 g/mol. The Bertz CT molecular complexity index is 761. The van der Waals surface area contributed by atoms with E-state index in [9.17, 15) is 9.59 Å². The van der Waals surface area contributed by atoms with Crippen LogP contribution in [-0.4, -0.2) is 29.3 Å². The third kappa shape index (κ3) is 6.56. The topological polar surface area (TPSA) is 49.4 Å². The van der Waals surface area contributed by atoms with E-state index < -0.39 is 6.04 Å². The van der Waals surface area contributed by atoms with Crippen molar-refractivity contribution >= 4 is 35.0 Å². The Morgan fingerprint density at radius 3 is 2.00 bits per heavy atom. The molecule has 0 bridgehead atoms. The number of nitrogens with one attached hydrogen (secondary N) is 1. The molecular weight excluding hydrogens is 383 g/mol. The Hall–Kier alpha value is -2.04. The highest BCUT2D eigenvalue weighted by Crippen LogP contribution is 2.16. The van der Waals surface area contributed by atoms with Gasteiger partial charge in [0.2, 0.25) is 11.8 Å². The number of nitrogens with zero attached hydrogens (tertiary/aromatic N) is 1. The lowest BCUT2D eigenvalue weighted by Crippen LogP contribution is -2.48. The maximum Gasteiger partial charge on any atom is 0.242 e. The number of halogens is 2. The molecule has 0 aromatic heterocycles. The summed E-state index contributed by atoms with van der Waals surface area (Å²) in [7, 11) is 0. The van der Waals surface area contributed by atoms with Gasteiger partial charge in [-0.2, -0.15) is 0 Å². The Kier molecular flexibility index (Phi) is 8.14. The third-order valence-electron chi connectivity index (χ3n) is 4.25. The van der Waals surface area contributed by atoms with E-state index in [4.69, 9.17) is 23.2 Å². The maximum atomic E-state index is 13.0. The first-order valence-corrected chi connectivity index (χ1v) is 9.72. The van der Waals surface area contributed by atoms with Gasteiger partial charge in [-0.15, -0.1) is 0 Å². The molecule has 0 aliphatic rings. The van der Waals surface area contributed by atoms with Crippen LogP contribution in [0.2, 0.25) is 10.0 Å². The SMILES string of the molecule is CCCNC(=O)C(C)N(Cc1ccc(Cl)cc1)C(=O)Cc1ccc(Cl)cc1. The minimum absolute atomic E-state index is 0.119. The van der Waals surface area contributed by atoms with Crippen LogP contribution >= 0.6 is 23.2 Å². The van der Waals surface area contributed by atoms with Gasteiger partial charge in [0.25, 0.3) is 0 Å². The van der Waals surface area contributed by atoms with E-state index in [0.29, 0.717) is 23.1 Å². The molecule has 0 saturated carbocycles. The Morgan fingerprint density at radius 2 is 1.48 bits per heavy atom. The molecule has 0 aliphatic carbocycles.